The zero-order valence-corrected chi connectivity index (χ0v) is 13.4. The van der Waals surface area contributed by atoms with Crippen LogP contribution in [0.25, 0.3) is 0 Å². The number of esters is 1. The molecule has 0 N–H and O–H groups in total. The number of ether oxygens (including phenoxy) is 1. The van der Waals surface area contributed by atoms with Gasteiger partial charge in [-0.15, -0.1) is 0 Å². The summed E-state index contributed by atoms with van der Waals surface area (Å²) in [7, 11) is 0. The molecule has 0 aromatic carbocycles. The van der Waals surface area contributed by atoms with Gasteiger partial charge in [0, 0.05) is 6.42 Å². The molecular formula is C18H32O2. The van der Waals surface area contributed by atoms with Gasteiger partial charge in [0.25, 0.3) is 0 Å². The first-order valence-corrected chi connectivity index (χ1v) is 8.19. The van der Waals surface area contributed by atoms with Crippen LogP contribution >= 0.6 is 0 Å². The van der Waals surface area contributed by atoms with Crippen LogP contribution in [0.5, 0.6) is 0 Å². The van der Waals surface area contributed by atoms with Gasteiger partial charge in [-0.2, -0.15) is 0 Å². The maximum Gasteiger partial charge on any atom is 0.305 e. The molecule has 0 bridgehead atoms. The van der Waals surface area contributed by atoms with E-state index in [9.17, 15) is 4.79 Å². The van der Waals surface area contributed by atoms with Crippen molar-refractivity contribution in [3.63, 3.8) is 0 Å². The van der Waals surface area contributed by atoms with E-state index < -0.39 is 0 Å². The maximum atomic E-state index is 11.5. The molecule has 0 spiro atoms. The van der Waals surface area contributed by atoms with E-state index in [1.54, 1.807) is 0 Å². The van der Waals surface area contributed by atoms with Crippen molar-refractivity contribution in [3.8, 4) is 0 Å². The minimum absolute atomic E-state index is 0.0214. The number of carbonyl (C=O) groups is 1. The third-order valence-electron chi connectivity index (χ3n) is 3.25. The Hall–Kier alpha value is -1.05. The first-order valence-electron chi connectivity index (χ1n) is 8.19. The molecule has 0 radical (unpaired) electrons. The second-order valence-electron chi connectivity index (χ2n) is 5.16. The maximum absolute atomic E-state index is 11.5. The fraction of sp³-hybridized carbons (Fsp3) is 0.722. The van der Waals surface area contributed by atoms with Gasteiger partial charge in [0.2, 0.25) is 0 Å². The molecule has 0 aliphatic heterocycles. The minimum atomic E-state index is -0.0214. The first kappa shape index (κ1) is 18.9. The summed E-state index contributed by atoms with van der Waals surface area (Å²) in [5.41, 5.74) is 0. The summed E-state index contributed by atoms with van der Waals surface area (Å²) in [6.07, 6.45) is 19.3. The molecule has 0 aromatic heterocycles. The van der Waals surface area contributed by atoms with E-state index >= 15 is 0 Å². The van der Waals surface area contributed by atoms with Crippen molar-refractivity contribution in [1.29, 1.82) is 0 Å². The highest BCUT2D eigenvalue weighted by atomic mass is 16.5. The van der Waals surface area contributed by atoms with E-state index in [1.165, 1.54) is 19.3 Å². The van der Waals surface area contributed by atoms with Gasteiger partial charge in [-0.1, -0.05) is 37.1 Å². The van der Waals surface area contributed by atoms with Crippen LogP contribution in [0.3, 0.4) is 0 Å². The van der Waals surface area contributed by atoms with Crippen molar-refractivity contribution < 1.29 is 9.53 Å². The Kier molecular flexibility index (Phi) is 15.2. The van der Waals surface area contributed by atoms with Crippen LogP contribution in [0.15, 0.2) is 24.3 Å². The largest absolute Gasteiger partial charge is 0.466 e. The number of carbonyl (C=O) groups excluding carboxylic acids is 1. The highest BCUT2D eigenvalue weighted by Gasteiger charge is 2.01. The Balaban J connectivity index is 3.20. The average molecular weight is 280 g/mol. The van der Waals surface area contributed by atoms with Crippen molar-refractivity contribution >= 4 is 5.97 Å². The molecule has 0 unspecified atom stereocenters. The lowest BCUT2D eigenvalue weighted by atomic mass is 10.1. The number of rotatable bonds is 13. The molecule has 0 aromatic rings. The number of hydrogen-bond acceptors (Lipinski definition) is 2. The summed E-state index contributed by atoms with van der Waals surface area (Å²) in [5, 5.41) is 0. The Labute approximate surface area is 125 Å². The molecular weight excluding hydrogens is 248 g/mol. The quantitative estimate of drug-likeness (QED) is 0.250. The van der Waals surface area contributed by atoms with Gasteiger partial charge in [0.1, 0.15) is 0 Å². The topological polar surface area (TPSA) is 26.3 Å². The van der Waals surface area contributed by atoms with Crippen LogP contribution < -0.4 is 0 Å². The van der Waals surface area contributed by atoms with Crippen molar-refractivity contribution in [2.24, 2.45) is 0 Å². The molecule has 116 valence electrons. The molecule has 0 fully saturated rings. The molecule has 0 saturated heterocycles. The van der Waals surface area contributed by atoms with E-state index in [0.717, 1.165) is 38.5 Å². The summed E-state index contributed by atoms with van der Waals surface area (Å²) < 4.78 is 5.23. The van der Waals surface area contributed by atoms with Gasteiger partial charge in [-0.05, 0) is 58.8 Å². The van der Waals surface area contributed by atoms with E-state index in [0.29, 0.717) is 13.0 Å². The summed E-state index contributed by atoms with van der Waals surface area (Å²) in [6, 6.07) is 0. The first-order chi connectivity index (χ1) is 9.81. The Morgan fingerprint density at radius 1 is 0.800 bits per heavy atom. The van der Waals surface area contributed by atoms with Crippen LogP contribution in [0.2, 0.25) is 0 Å². The van der Waals surface area contributed by atoms with Crippen LogP contribution in [0.1, 0.15) is 78.1 Å². The molecule has 0 amide bonds. The molecule has 2 heteroatoms. The van der Waals surface area contributed by atoms with E-state index in [2.05, 4.69) is 31.2 Å². The average Bonchev–Trinajstić information content (AvgIpc) is 2.45. The second kappa shape index (κ2) is 16.0. The van der Waals surface area contributed by atoms with Gasteiger partial charge in [0.15, 0.2) is 0 Å². The van der Waals surface area contributed by atoms with Crippen LogP contribution in [0.4, 0.5) is 0 Å². The fourth-order valence-corrected chi connectivity index (χ4v) is 2.02. The van der Waals surface area contributed by atoms with E-state index in [-0.39, 0.29) is 5.97 Å². The fourth-order valence-electron chi connectivity index (χ4n) is 2.02. The van der Waals surface area contributed by atoms with Gasteiger partial charge < -0.3 is 4.74 Å². The molecule has 2 nitrogen and oxygen atoms in total. The van der Waals surface area contributed by atoms with Gasteiger partial charge in [-0.25, -0.2) is 0 Å². The third-order valence-corrected chi connectivity index (χ3v) is 3.25. The zero-order chi connectivity index (χ0) is 14.9. The summed E-state index contributed by atoms with van der Waals surface area (Å²) in [5.74, 6) is -0.0214. The Morgan fingerprint density at radius 2 is 1.35 bits per heavy atom. The van der Waals surface area contributed by atoms with Crippen molar-refractivity contribution in [3.05, 3.63) is 24.3 Å². The summed E-state index contributed by atoms with van der Waals surface area (Å²) in [6.45, 7) is 4.69. The SMILES string of the molecule is C/C=C/CCCCCCC(=O)OCCCCC/C=C/C. The lowest BCUT2D eigenvalue weighted by Crippen LogP contribution is -2.05. The van der Waals surface area contributed by atoms with Gasteiger partial charge in [-0.3, -0.25) is 4.79 Å². The predicted octanol–water partition coefficient (Wildman–Crippen LogP) is 5.58. The highest BCUT2D eigenvalue weighted by molar-refractivity contribution is 5.69. The smallest absolute Gasteiger partial charge is 0.305 e. The molecule has 0 aliphatic rings. The number of allylic oxidation sites excluding steroid dienone is 4. The molecule has 0 saturated carbocycles. The normalized spacial score (nSPS) is 11.5. The summed E-state index contributed by atoms with van der Waals surface area (Å²) in [4.78, 5) is 11.5. The zero-order valence-electron chi connectivity index (χ0n) is 13.4. The Bertz CT molecular complexity index is 241. The standard InChI is InChI=1S/C18H32O2/c1-3-5-7-9-11-12-14-16-18(19)20-17-15-13-10-8-6-4-2/h3-6H,7-17H2,1-2H3/b5-3+,6-4+. The lowest BCUT2D eigenvalue weighted by Gasteiger charge is -2.04. The molecule has 0 rings (SSSR count). The van der Waals surface area contributed by atoms with E-state index in [1.807, 2.05) is 6.92 Å². The lowest BCUT2D eigenvalue weighted by molar-refractivity contribution is -0.143. The molecule has 0 atom stereocenters. The number of hydrogen-bond donors (Lipinski definition) is 0. The summed E-state index contributed by atoms with van der Waals surface area (Å²) >= 11 is 0. The molecule has 0 heterocycles. The number of unbranched alkanes of at least 4 members (excludes halogenated alkanes) is 7. The van der Waals surface area contributed by atoms with Crippen molar-refractivity contribution in [1.82, 2.24) is 0 Å². The van der Waals surface area contributed by atoms with Crippen LogP contribution in [-0.2, 0) is 9.53 Å². The van der Waals surface area contributed by atoms with Crippen LogP contribution in [-0.4, -0.2) is 12.6 Å². The monoisotopic (exact) mass is 280 g/mol. The third kappa shape index (κ3) is 15.0. The van der Waals surface area contributed by atoms with Gasteiger partial charge in [0.05, 0.1) is 6.61 Å². The molecule has 0 aliphatic carbocycles. The Morgan fingerprint density at radius 3 is 1.95 bits per heavy atom. The minimum Gasteiger partial charge on any atom is -0.466 e. The van der Waals surface area contributed by atoms with Crippen LogP contribution in [0, 0.1) is 0 Å². The van der Waals surface area contributed by atoms with E-state index in [4.69, 9.17) is 4.74 Å². The van der Waals surface area contributed by atoms with Crippen molar-refractivity contribution in [2.45, 2.75) is 78.1 Å². The molecule has 20 heavy (non-hydrogen) atoms. The second-order valence-corrected chi connectivity index (χ2v) is 5.16. The highest BCUT2D eigenvalue weighted by Crippen LogP contribution is 2.07. The predicted molar refractivity (Wildman–Crippen MR) is 86.8 cm³/mol. The van der Waals surface area contributed by atoms with Gasteiger partial charge >= 0.3 is 5.97 Å². The van der Waals surface area contributed by atoms with Crippen molar-refractivity contribution in [2.75, 3.05) is 6.61 Å².